The third-order valence-corrected chi connectivity index (χ3v) is 5.03. The van der Waals surface area contributed by atoms with Crippen LogP contribution in [0.4, 0.5) is 0 Å². The number of rotatable bonds is 6. The molecule has 7 heteroatoms. The molecule has 1 aliphatic rings. The van der Waals surface area contributed by atoms with Crippen LogP contribution in [0.15, 0.2) is 90.2 Å². The summed E-state index contributed by atoms with van der Waals surface area (Å²) in [7, 11) is 0. The average Bonchev–Trinajstić information content (AvgIpc) is 3.46. The first kappa shape index (κ1) is 19.6. The van der Waals surface area contributed by atoms with Crippen LogP contribution in [0.25, 0.3) is 11.3 Å². The van der Waals surface area contributed by atoms with E-state index in [0.717, 1.165) is 22.4 Å². The Morgan fingerprint density at radius 2 is 1.75 bits per heavy atom. The molecule has 1 amide bonds. The number of hydrogen-bond donors (Lipinski definition) is 1. The molecule has 0 aliphatic carbocycles. The molecule has 0 radical (unpaired) electrons. The van der Waals surface area contributed by atoms with E-state index >= 15 is 0 Å². The van der Waals surface area contributed by atoms with Gasteiger partial charge in [-0.15, -0.1) is 0 Å². The summed E-state index contributed by atoms with van der Waals surface area (Å²) < 4.78 is 12.5. The van der Waals surface area contributed by atoms with Crippen LogP contribution >= 0.6 is 0 Å². The Labute approximate surface area is 184 Å². The second kappa shape index (κ2) is 8.77. The third kappa shape index (κ3) is 4.22. The van der Waals surface area contributed by atoms with Crippen molar-refractivity contribution in [3.05, 3.63) is 102 Å². The van der Waals surface area contributed by atoms with Gasteiger partial charge in [0.1, 0.15) is 5.69 Å². The summed E-state index contributed by atoms with van der Waals surface area (Å²) in [5.41, 5.74) is 6.73. The van der Waals surface area contributed by atoms with E-state index in [4.69, 9.17) is 14.6 Å². The number of ether oxygens (including phenoxy) is 2. The van der Waals surface area contributed by atoms with Crippen LogP contribution in [0.5, 0.6) is 11.5 Å². The third-order valence-electron chi connectivity index (χ3n) is 5.03. The normalized spacial score (nSPS) is 12.2. The van der Waals surface area contributed by atoms with Gasteiger partial charge in [0, 0.05) is 22.9 Å². The number of nitrogens with zero attached hydrogens (tertiary/aromatic N) is 3. The van der Waals surface area contributed by atoms with Crippen LogP contribution in [0.2, 0.25) is 0 Å². The van der Waals surface area contributed by atoms with Crippen molar-refractivity contribution < 1.29 is 14.3 Å². The summed E-state index contributed by atoms with van der Waals surface area (Å²) in [6.07, 6.45) is 3.53. The summed E-state index contributed by atoms with van der Waals surface area (Å²) >= 11 is 0. The lowest BCUT2D eigenvalue weighted by atomic mass is 10.1. The average molecular weight is 424 g/mol. The van der Waals surface area contributed by atoms with Crippen LogP contribution in [0.3, 0.4) is 0 Å². The summed E-state index contributed by atoms with van der Waals surface area (Å²) in [6, 6.07) is 25.0. The van der Waals surface area contributed by atoms with Crippen LogP contribution in [-0.2, 0) is 6.54 Å². The van der Waals surface area contributed by atoms with Gasteiger partial charge in [0.05, 0.1) is 12.8 Å². The lowest BCUT2D eigenvalue weighted by molar-refractivity contribution is 0.0954. The fourth-order valence-corrected chi connectivity index (χ4v) is 3.47. The molecule has 0 bridgehead atoms. The zero-order chi connectivity index (χ0) is 21.8. The Kier molecular flexibility index (Phi) is 5.36. The van der Waals surface area contributed by atoms with Crippen molar-refractivity contribution in [2.24, 2.45) is 5.10 Å². The van der Waals surface area contributed by atoms with Gasteiger partial charge in [0.2, 0.25) is 6.79 Å². The first-order valence-electron chi connectivity index (χ1n) is 10.2. The number of fused-ring (bicyclic) bond motifs is 1. The molecule has 0 spiro atoms. The lowest BCUT2D eigenvalue weighted by Crippen LogP contribution is -2.17. The topological polar surface area (TPSA) is 77.7 Å². The Morgan fingerprint density at radius 1 is 1.00 bits per heavy atom. The number of hydrogen-bond acceptors (Lipinski definition) is 5. The van der Waals surface area contributed by atoms with Crippen molar-refractivity contribution in [3.63, 3.8) is 0 Å². The van der Waals surface area contributed by atoms with E-state index in [0.29, 0.717) is 23.6 Å². The van der Waals surface area contributed by atoms with Crippen LogP contribution in [0.1, 0.15) is 21.5 Å². The van der Waals surface area contributed by atoms with E-state index in [-0.39, 0.29) is 12.7 Å². The second-order valence-corrected chi connectivity index (χ2v) is 7.25. The maximum Gasteiger partial charge on any atom is 0.271 e. The summed E-state index contributed by atoms with van der Waals surface area (Å²) in [5.74, 6) is 0.844. The molecule has 1 aliphatic heterocycles. The molecule has 5 rings (SSSR count). The van der Waals surface area contributed by atoms with Gasteiger partial charge >= 0.3 is 0 Å². The quantitative estimate of drug-likeness (QED) is 0.374. The largest absolute Gasteiger partial charge is 0.454 e. The van der Waals surface area contributed by atoms with Gasteiger partial charge in [-0.05, 0) is 23.8 Å². The van der Waals surface area contributed by atoms with Gasteiger partial charge in [-0.25, -0.2) is 5.43 Å². The van der Waals surface area contributed by atoms with Gasteiger partial charge in [0.15, 0.2) is 11.5 Å². The van der Waals surface area contributed by atoms with Crippen molar-refractivity contribution in [1.29, 1.82) is 0 Å². The number of carbonyl (C=O) groups is 1. The molecule has 32 heavy (non-hydrogen) atoms. The number of benzene rings is 3. The molecule has 2 heterocycles. The molecule has 0 atom stereocenters. The predicted molar refractivity (Wildman–Crippen MR) is 121 cm³/mol. The molecule has 1 aromatic heterocycles. The number of aromatic nitrogens is 2. The van der Waals surface area contributed by atoms with Crippen molar-refractivity contribution in [3.8, 4) is 22.8 Å². The number of carbonyl (C=O) groups excluding carboxylic acids is 1. The maximum absolute atomic E-state index is 12.5. The number of hydrazone groups is 1. The van der Waals surface area contributed by atoms with Gasteiger partial charge in [0.25, 0.3) is 5.91 Å². The first-order chi connectivity index (χ1) is 15.8. The minimum Gasteiger partial charge on any atom is -0.454 e. The zero-order valence-corrected chi connectivity index (χ0v) is 17.1. The highest BCUT2D eigenvalue weighted by atomic mass is 16.7. The molecule has 158 valence electrons. The smallest absolute Gasteiger partial charge is 0.271 e. The lowest BCUT2D eigenvalue weighted by Gasteiger charge is -2.02. The fraction of sp³-hybridized carbons (Fsp3) is 0.0800. The molecule has 1 N–H and O–H groups in total. The van der Waals surface area contributed by atoms with Gasteiger partial charge in [-0.3, -0.25) is 9.48 Å². The first-order valence-corrected chi connectivity index (χ1v) is 10.2. The monoisotopic (exact) mass is 424 g/mol. The SMILES string of the molecule is O=C(NN=Cc1cn(Cc2ccccc2)nc1-c1ccccc1)c1ccc2c(c1)OCO2. The second-order valence-electron chi connectivity index (χ2n) is 7.25. The Bertz CT molecular complexity index is 1270. The van der Waals surface area contributed by atoms with E-state index < -0.39 is 0 Å². The predicted octanol–water partition coefficient (Wildman–Crippen LogP) is 4.09. The molecule has 4 aromatic rings. The number of nitrogens with one attached hydrogen (secondary N) is 1. The minimum atomic E-state index is -0.336. The molecular formula is C25H20N4O3. The van der Waals surface area contributed by atoms with E-state index in [2.05, 4.69) is 22.7 Å². The Morgan fingerprint density at radius 3 is 2.56 bits per heavy atom. The zero-order valence-electron chi connectivity index (χ0n) is 17.1. The highest BCUT2D eigenvalue weighted by Gasteiger charge is 2.16. The van der Waals surface area contributed by atoms with Crippen molar-refractivity contribution in [2.45, 2.75) is 6.54 Å². The molecule has 7 nitrogen and oxygen atoms in total. The molecule has 3 aromatic carbocycles. The Balaban J connectivity index is 1.36. The molecule has 0 unspecified atom stereocenters. The minimum absolute atomic E-state index is 0.161. The molecular weight excluding hydrogens is 404 g/mol. The Hall–Kier alpha value is -4.39. The van der Waals surface area contributed by atoms with Gasteiger partial charge < -0.3 is 9.47 Å². The van der Waals surface area contributed by atoms with E-state index in [9.17, 15) is 4.79 Å². The van der Waals surface area contributed by atoms with Crippen molar-refractivity contribution >= 4 is 12.1 Å². The fourth-order valence-electron chi connectivity index (χ4n) is 3.47. The highest BCUT2D eigenvalue weighted by Crippen LogP contribution is 2.32. The van der Waals surface area contributed by atoms with Crippen LogP contribution in [-0.4, -0.2) is 28.7 Å². The van der Waals surface area contributed by atoms with Crippen molar-refractivity contribution in [2.75, 3.05) is 6.79 Å². The molecule has 0 saturated carbocycles. The van der Waals surface area contributed by atoms with Crippen LogP contribution < -0.4 is 14.9 Å². The maximum atomic E-state index is 12.5. The van der Waals surface area contributed by atoms with E-state index in [1.807, 2.05) is 59.4 Å². The summed E-state index contributed by atoms with van der Waals surface area (Å²) in [4.78, 5) is 12.5. The molecule has 0 fully saturated rings. The van der Waals surface area contributed by atoms with Gasteiger partial charge in [-0.2, -0.15) is 10.2 Å². The number of amides is 1. The summed E-state index contributed by atoms with van der Waals surface area (Å²) in [6.45, 7) is 0.797. The van der Waals surface area contributed by atoms with Crippen molar-refractivity contribution in [1.82, 2.24) is 15.2 Å². The van der Waals surface area contributed by atoms with E-state index in [1.54, 1.807) is 24.4 Å². The molecule has 0 saturated heterocycles. The summed E-state index contributed by atoms with van der Waals surface area (Å²) in [5, 5.41) is 8.92. The van der Waals surface area contributed by atoms with Crippen LogP contribution in [0, 0.1) is 0 Å². The van der Waals surface area contributed by atoms with Gasteiger partial charge in [-0.1, -0.05) is 60.7 Å². The standard InChI is InChI=1S/C25H20N4O3/c30-25(20-11-12-22-23(13-20)32-17-31-22)27-26-14-21-16-29(15-18-7-3-1-4-8-18)28-24(21)19-9-5-2-6-10-19/h1-14,16H,15,17H2,(H,27,30). The van der Waals surface area contributed by atoms with E-state index in [1.165, 1.54) is 0 Å². The highest BCUT2D eigenvalue weighted by molar-refractivity contribution is 5.96.